The van der Waals surface area contributed by atoms with Gasteiger partial charge in [0.25, 0.3) is 0 Å². The van der Waals surface area contributed by atoms with Gasteiger partial charge in [0.15, 0.2) is 11.0 Å². The zero-order valence-corrected chi connectivity index (χ0v) is 20.9. The van der Waals surface area contributed by atoms with Gasteiger partial charge < -0.3 is 14.0 Å². The lowest BCUT2D eigenvalue weighted by Gasteiger charge is -2.09. The van der Waals surface area contributed by atoms with Crippen LogP contribution >= 0.6 is 35.0 Å². The molecule has 0 atom stereocenters. The molecule has 34 heavy (non-hydrogen) atoms. The maximum Gasteiger partial charge on any atom is 0.361 e. The summed E-state index contributed by atoms with van der Waals surface area (Å²) in [6, 6.07) is 12.8. The molecule has 12 heteroatoms. The van der Waals surface area contributed by atoms with Crippen molar-refractivity contribution in [2.75, 3.05) is 13.7 Å². The molecule has 0 spiro atoms. The summed E-state index contributed by atoms with van der Waals surface area (Å²) in [4.78, 5) is 12.5. The summed E-state index contributed by atoms with van der Waals surface area (Å²) < 4.78 is 13.8. The summed E-state index contributed by atoms with van der Waals surface area (Å²) in [6.07, 6.45) is 0. The van der Waals surface area contributed by atoms with Gasteiger partial charge in [-0.3, -0.25) is 0 Å². The predicted octanol–water partition coefficient (Wildman–Crippen LogP) is 4.77. The van der Waals surface area contributed by atoms with E-state index in [1.165, 1.54) is 11.8 Å². The number of esters is 1. The first-order valence-corrected chi connectivity index (χ1v) is 11.7. The zero-order valence-electron chi connectivity index (χ0n) is 18.5. The van der Waals surface area contributed by atoms with Crippen LogP contribution < -0.4 is 4.74 Å². The van der Waals surface area contributed by atoms with Crippen molar-refractivity contribution in [2.45, 2.75) is 23.7 Å². The smallest absolute Gasteiger partial charge is 0.361 e. The van der Waals surface area contributed by atoms with E-state index >= 15 is 0 Å². The van der Waals surface area contributed by atoms with Gasteiger partial charge in [-0.25, -0.2) is 9.48 Å². The molecule has 2 aromatic heterocycles. The second kappa shape index (κ2) is 10.5. The average Bonchev–Trinajstić information content (AvgIpc) is 3.40. The SMILES string of the molecule is CCOC(=O)c1nnn(Cc2ccc(OC)cc2)c1Sc1nnc(-c2ccc(Cl)c(Cl)c2)n1C. The largest absolute Gasteiger partial charge is 0.497 e. The predicted molar refractivity (Wildman–Crippen MR) is 129 cm³/mol. The highest BCUT2D eigenvalue weighted by atomic mass is 35.5. The Morgan fingerprint density at radius 2 is 1.82 bits per heavy atom. The number of methoxy groups -OCH3 is 1. The Kier molecular flexibility index (Phi) is 7.40. The summed E-state index contributed by atoms with van der Waals surface area (Å²) >= 11 is 13.4. The van der Waals surface area contributed by atoms with Crippen LogP contribution in [0.5, 0.6) is 5.75 Å². The lowest BCUT2D eigenvalue weighted by atomic mass is 10.2. The molecule has 0 saturated heterocycles. The summed E-state index contributed by atoms with van der Waals surface area (Å²) in [5, 5.41) is 18.8. The maximum atomic E-state index is 12.5. The monoisotopic (exact) mass is 518 g/mol. The fourth-order valence-electron chi connectivity index (χ4n) is 3.12. The van der Waals surface area contributed by atoms with E-state index in [1.54, 1.807) is 35.4 Å². The highest BCUT2D eigenvalue weighted by molar-refractivity contribution is 7.99. The third-order valence-corrected chi connectivity index (χ3v) is 6.73. The molecule has 4 aromatic rings. The normalized spacial score (nSPS) is 11.0. The number of carbonyl (C=O) groups excluding carboxylic acids is 1. The van der Waals surface area contributed by atoms with Crippen LogP contribution in [0.4, 0.5) is 0 Å². The molecule has 0 aliphatic carbocycles. The Morgan fingerprint density at radius 3 is 2.50 bits per heavy atom. The first-order chi connectivity index (χ1) is 16.4. The third kappa shape index (κ3) is 5.03. The van der Waals surface area contributed by atoms with E-state index in [-0.39, 0.29) is 12.3 Å². The molecule has 0 amide bonds. The molecular weight excluding hydrogens is 499 g/mol. The molecule has 4 rings (SSSR count). The van der Waals surface area contributed by atoms with Gasteiger partial charge in [-0.2, -0.15) is 0 Å². The Morgan fingerprint density at radius 1 is 1.06 bits per heavy atom. The van der Waals surface area contributed by atoms with E-state index in [2.05, 4.69) is 20.5 Å². The number of halogens is 2. The van der Waals surface area contributed by atoms with Gasteiger partial charge in [-0.15, -0.1) is 15.3 Å². The Bertz CT molecular complexity index is 1320. The Balaban J connectivity index is 1.68. The van der Waals surface area contributed by atoms with Crippen LogP contribution in [0.15, 0.2) is 52.6 Å². The molecule has 0 fully saturated rings. The molecule has 9 nitrogen and oxygen atoms in total. The third-order valence-electron chi connectivity index (χ3n) is 4.85. The molecule has 0 aliphatic heterocycles. The molecule has 2 aromatic carbocycles. The van der Waals surface area contributed by atoms with Crippen LogP contribution in [-0.2, 0) is 18.3 Å². The fourth-order valence-corrected chi connectivity index (χ4v) is 4.32. The van der Waals surface area contributed by atoms with Gasteiger partial charge >= 0.3 is 5.97 Å². The number of ether oxygens (including phenoxy) is 2. The fraction of sp³-hybridized carbons (Fsp3) is 0.227. The van der Waals surface area contributed by atoms with Crippen LogP contribution in [0, 0.1) is 0 Å². The van der Waals surface area contributed by atoms with Crippen molar-refractivity contribution in [3.05, 3.63) is 63.8 Å². The molecular formula is C22H20Cl2N6O3S. The van der Waals surface area contributed by atoms with Gasteiger partial charge in [-0.05, 0) is 54.6 Å². The van der Waals surface area contributed by atoms with Crippen LogP contribution in [0.25, 0.3) is 11.4 Å². The summed E-state index contributed by atoms with van der Waals surface area (Å²) in [7, 11) is 3.43. The standard InChI is InChI=1S/C22H20Cl2N6O3S/c1-4-33-21(31)18-20(30(28-25-18)12-13-5-8-15(32-3)9-6-13)34-22-27-26-19(29(22)2)14-7-10-16(23)17(24)11-14/h5-11H,4,12H2,1-3H3. The molecule has 2 heterocycles. The molecule has 0 radical (unpaired) electrons. The van der Waals surface area contributed by atoms with Crippen LogP contribution in [0.3, 0.4) is 0 Å². The van der Waals surface area contributed by atoms with Crippen molar-refractivity contribution in [3.8, 4) is 17.1 Å². The first-order valence-electron chi connectivity index (χ1n) is 10.2. The zero-order chi connectivity index (χ0) is 24.2. The minimum Gasteiger partial charge on any atom is -0.497 e. The lowest BCUT2D eigenvalue weighted by Crippen LogP contribution is -2.09. The molecule has 0 bridgehead atoms. The minimum absolute atomic E-state index is 0.111. The van der Waals surface area contributed by atoms with Gasteiger partial charge in [0.2, 0.25) is 5.69 Å². The quantitative estimate of drug-likeness (QED) is 0.308. The second-order valence-electron chi connectivity index (χ2n) is 7.07. The van der Waals surface area contributed by atoms with Gasteiger partial charge in [-0.1, -0.05) is 40.5 Å². The molecule has 0 unspecified atom stereocenters. The number of aromatic nitrogens is 6. The maximum absolute atomic E-state index is 12.5. The molecule has 0 saturated carbocycles. The van der Waals surface area contributed by atoms with Crippen LogP contribution in [0.1, 0.15) is 23.0 Å². The van der Waals surface area contributed by atoms with Crippen LogP contribution in [-0.4, -0.2) is 49.4 Å². The topological polar surface area (TPSA) is 96.9 Å². The number of hydrogen-bond donors (Lipinski definition) is 0. The molecule has 176 valence electrons. The molecule has 0 aliphatic rings. The van der Waals surface area contributed by atoms with Crippen molar-refractivity contribution < 1.29 is 14.3 Å². The van der Waals surface area contributed by atoms with Crippen molar-refractivity contribution >= 4 is 40.9 Å². The summed E-state index contributed by atoms with van der Waals surface area (Å²) in [5.74, 6) is 0.781. The van der Waals surface area contributed by atoms with Gasteiger partial charge in [0, 0.05) is 12.6 Å². The van der Waals surface area contributed by atoms with E-state index in [4.69, 9.17) is 32.7 Å². The van der Waals surface area contributed by atoms with Crippen molar-refractivity contribution in [2.24, 2.45) is 7.05 Å². The van der Waals surface area contributed by atoms with E-state index in [9.17, 15) is 4.79 Å². The van der Waals surface area contributed by atoms with Crippen molar-refractivity contribution in [3.63, 3.8) is 0 Å². The van der Waals surface area contributed by atoms with E-state index in [0.29, 0.717) is 32.6 Å². The van der Waals surface area contributed by atoms with Gasteiger partial charge in [0.05, 0.1) is 30.3 Å². The van der Waals surface area contributed by atoms with E-state index in [0.717, 1.165) is 16.9 Å². The van der Waals surface area contributed by atoms with Gasteiger partial charge in [0.1, 0.15) is 10.8 Å². The summed E-state index contributed by atoms with van der Waals surface area (Å²) in [5.41, 5.74) is 1.82. The highest BCUT2D eigenvalue weighted by Gasteiger charge is 2.25. The minimum atomic E-state index is -0.558. The van der Waals surface area contributed by atoms with E-state index in [1.807, 2.05) is 37.4 Å². The summed E-state index contributed by atoms with van der Waals surface area (Å²) in [6.45, 7) is 2.34. The van der Waals surface area contributed by atoms with Crippen molar-refractivity contribution in [1.82, 2.24) is 29.8 Å². The highest BCUT2D eigenvalue weighted by Crippen LogP contribution is 2.33. The number of nitrogens with zero attached hydrogens (tertiary/aromatic N) is 6. The van der Waals surface area contributed by atoms with Crippen LogP contribution in [0.2, 0.25) is 10.0 Å². The molecule has 0 N–H and O–H groups in total. The second-order valence-corrected chi connectivity index (χ2v) is 8.84. The number of rotatable bonds is 8. The number of carbonyl (C=O) groups is 1. The Labute approximate surface area is 210 Å². The average molecular weight is 519 g/mol. The first kappa shape index (κ1) is 24.1. The van der Waals surface area contributed by atoms with Crippen molar-refractivity contribution in [1.29, 1.82) is 0 Å². The number of benzene rings is 2. The Hall–Kier alpha value is -3.08. The number of hydrogen-bond acceptors (Lipinski definition) is 8. The van der Waals surface area contributed by atoms with E-state index < -0.39 is 5.97 Å². The lowest BCUT2D eigenvalue weighted by molar-refractivity contribution is 0.0515.